The lowest BCUT2D eigenvalue weighted by Gasteiger charge is -2.02. The highest BCUT2D eigenvalue weighted by molar-refractivity contribution is 7.11. The zero-order valence-corrected chi connectivity index (χ0v) is 9.55. The summed E-state index contributed by atoms with van der Waals surface area (Å²) < 4.78 is 7.11. The van der Waals surface area contributed by atoms with Crippen LogP contribution in [0.1, 0.15) is 10.4 Å². The van der Waals surface area contributed by atoms with Crippen LogP contribution in [0.3, 0.4) is 0 Å². The SMILES string of the molecule is O=C(Oc1cncs1)c1ccn2cccc2c1. The van der Waals surface area contributed by atoms with Gasteiger partial charge in [0.2, 0.25) is 5.06 Å². The second-order valence-electron chi connectivity index (χ2n) is 3.47. The fourth-order valence-electron chi connectivity index (χ4n) is 1.56. The zero-order valence-electron chi connectivity index (χ0n) is 8.74. The van der Waals surface area contributed by atoms with Gasteiger partial charge in [0.25, 0.3) is 0 Å². The maximum atomic E-state index is 11.8. The molecule has 0 aliphatic rings. The third-order valence-electron chi connectivity index (χ3n) is 2.37. The van der Waals surface area contributed by atoms with Crippen LogP contribution in [0.25, 0.3) is 5.52 Å². The molecule has 0 spiro atoms. The molecule has 4 nitrogen and oxygen atoms in total. The molecule has 3 rings (SSSR count). The Balaban J connectivity index is 1.90. The van der Waals surface area contributed by atoms with Crippen molar-refractivity contribution >= 4 is 22.8 Å². The minimum atomic E-state index is -0.363. The van der Waals surface area contributed by atoms with Crippen molar-refractivity contribution in [2.75, 3.05) is 0 Å². The molecule has 0 unspecified atom stereocenters. The van der Waals surface area contributed by atoms with Gasteiger partial charge in [-0.25, -0.2) is 9.78 Å². The number of nitrogens with zero attached hydrogens (tertiary/aromatic N) is 2. The first-order chi connectivity index (χ1) is 8.33. The van der Waals surface area contributed by atoms with E-state index in [2.05, 4.69) is 4.98 Å². The smallest absolute Gasteiger partial charge is 0.344 e. The number of fused-ring (bicyclic) bond motifs is 1. The van der Waals surface area contributed by atoms with Crippen LogP contribution >= 0.6 is 11.3 Å². The first-order valence-electron chi connectivity index (χ1n) is 5.00. The quantitative estimate of drug-likeness (QED) is 0.651. The van der Waals surface area contributed by atoms with Gasteiger partial charge in [0, 0.05) is 17.9 Å². The van der Waals surface area contributed by atoms with Crippen molar-refractivity contribution in [3.05, 3.63) is 53.9 Å². The first-order valence-corrected chi connectivity index (χ1v) is 5.88. The Morgan fingerprint density at radius 3 is 3.12 bits per heavy atom. The van der Waals surface area contributed by atoms with E-state index in [9.17, 15) is 4.79 Å². The summed E-state index contributed by atoms with van der Waals surface area (Å²) in [6, 6.07) is 7.39. The molecule has 0 saturated carbocycles. The van der Waals surface area contributed by atoms with Crippen LogP contribution in [0.2, 0.25) is 0 Å². The summed E-state index contributed by atoms with van der Waals surface area (Å²) in [6.45, 7) is 0. The van der Waals surface area contributed by atoms with E-state index < -0.39 is 0 Å². The monoisotopic (exact) mass is 244 g/mol. The average Bonchev–Trinajstić information content (AvgIpc) is 2.97. The fraction of sp³-hybridized carbons (Fsp3) is 0. The molecule has 0 saturated heterocycles. The average molecular weight is 244 g/mol. The van der Waals surface area contributed by atoms with Crippen LogP contribution in [-0.4, -0.2) is 15.4 Å². The molecule has 0 aliphatic carbocycles. The maximum absolute atomic E-state index is 11.8. The van der Waals surface area contributed by atoms with Crippen LogP contribution in [0.5, 0.6) is 5.06 Å². The fourth-order valence-corrected chi connectivity index (χ4v) is 2.04. The van der Waals surface area contributed by atoms with Crippen LogP contribution in [-0.2, 0) is 0 Å². The summed E-state index contributed by atoms with van der Waals surface area (Å²) in [7, 11) is 0. The number of thiazole rings is 1. The molecule has 0 radical (unpaired) electrons. The molecule has 3 aromatic heterocycles. The van der Waals surface area contributed by atoms with Crippen LogP contribution in [0.15, 0.2) is 48.4 Å². The van der Waals surface area contributed by atoms with Crippen molar-refractivity contribution in [3.63, 3.8) is 0 Å². The van der Waals surface area contributed by atoms with Gasteiger partial charge in [0.05, 0.1) is 17.3 Å². The predicted octanol–water partition coefficient (Wildman–Crippen LogP) is 2.62. The summed E-state index contributed by atoms with van der Waals surface area (Å²) in [5, 5.41) is 0.505. The minimum Gasteiger partial charge on any atom is -0.410 e. The Hall–Kier alpha value is -2.14. The van der Waals surface area contributed by atoms with Gasteiger partial charge >= 0.3 is 5.97 Å². The van der Waals surface area contributed by atoms with Gasteiger partial charge in [-0.2, -0.15) is 0 Å². The number of esters is 1. The molecule has 3 aromatic rings. The van der Waals surface area contributed by atoms with Crippen LogP contribution < -0.4 is 4.74 Å². The summed E-state index contributed by atoms with van der Waals surface area (Å²) in [5.74, 6) is -0.363. The van der Waals surface area contributed by atoms with E-state index >= 15 is 0 Å². The lowest BCUT2D eigenvalue weighted by atomic mass is 10.2. The molecule has 0 amide bonds. The number of pyridine rings is 1. The number of carbonyl (C=O) groups excluding carboxylic acids is 1. The van der Waals surface area contributed by atoms with Gasteiger partial charge < -0.3 is 9.14 Å². The van der Waals surface area contributed by atoms with Crippen LogP contribution in [0, 0.1) is 0 Å². The van der Waals surface area contributed by atoms with Crippen molar-refractivity contribution in [1.82, 2.24) is 9.38 Å². The molecule has 17 heavy (non-hydrogen) atoms. The highest BCUT2D eigenvalue weighted by atomic mass is 32.1. The second kappa shape index (κ2) is 4.03. The molecule has 0 aliphatic heterocycles. The Morgan fingerprint density at radius 2 is 2.29 bits per heavy atom. The van der Waals surface area contributed by atoms with E-state index in [-0.39, 0.29) is 5.97 Å². The minimum absolute atomic E-state index is 0.363. The van der Waals surface area contributed by atoms with E-state index in [4.69, 9.17) is 4.74 Å². The highest BCUT2D eigenvalue weighted by Crippen LogP contribution is 2.18. The molecule has 5 heteroatoms. The second-order valence-corrected chi connectivity index (χ2v) is 4.31. The van der Waals surface area contributed by atoms with Crippen molar-refractivity contribution < 1.29 is 9.53 Å². The number of rotatable bonds is 2. The largest absolute Gasteiger partial charge is 0.410 e. The van der Waals surface area contributed by atoms with E-state index in [0.29, 0.717) is 10.6 Å². The van der Waals surface area contributed by atoms with Crippen molar-refractivity contribution in [1.29, 1.82) is 0 Å². The molecule has 0 bridgehead atoms. The molecule has 3 heterocycles. The molecule has 0 N–H and O–H groups in total. The Bertz CT molecular complexity index is 658. The lowest BCUT2D eigenvalue weighted by Crippen LogP contribution is -2.07. The van der Waals surface area contributed by atoms with Gasteiger partial charge in [-0.05, 0) is 24.3 Å². The number of hydrogen-bond acceptors (Lipinski definition) is 4. The lowest BCUT2D eigenvalue weighted by molar-refractivity contribution is 0.0740. The van der Waals surface area contributed by atoms with Crippen molar-refractivity contribution in [2.45, 2.75) is 0 Å². The van der Waals surface area contributed by atoms with Crippen molar-refractivity contribution in [2.24, 2.45) is 0 Å². The third-order valence-corrected chi connectivity index (χ3v) is 3.02. The molecule has 0 fully saturated rings. The van der Waals surface area contributed by atoms with Gasteiger partial charge in [-0.3, -0.25) is 0 Å². The van der Waals surface area contributed by atoms with E-state index in [1.165, 1.54) is 17.5 Å². The molecular weight excluding hydrogens is 236 g/mol. The van der Waals surface area contributed by atoms with Gasteiger partial charge in [0.1, 0.15) is 0 Å². The summed E-state index contributed by atoms with van der Waals surface area (Å²) in [6.07, 6.45) is 5.28. The topological polar surface area (TPSA) is 43.6 Å². The van der Waals surface area contributed by atoms with Gasteiger partial charge in [0.15, 0.2) is 0 Å². The van der Waals surface area contributed by atoms with E-state index in [0.717, 1.165) is 5.52 Å². The number of aromatic nitrogens is 2. The molecule has 0 aromatic carbocycles. The normalized spacial score (nSPS) is 10.6. The first kappa shape index (κ1) is 10.0. The number of ether oxygens (including phenoxy) is 1. The summed E-state index contributed by atoms with van der Waals surface area (Å²) >= 11 is 1.29. The Morgan fingerprint density at radius 1 is 1.35 bits per heavy atom. The zero-order chi connectivity index (χ0) is 11.7. The highest BCUT2D eigenvalue weighted by Gasteiger charge is 2.09. The molecular formula is C12H8N2O2S. The number of carbonyl (C=O) groups is 1. The van der Waals surface area contributed by atoms with Gasteiger partial charge in [-0.1, -0.05) is 11.3 Å². The maximum Gasteiger partial charge on any atom is 0.344 e. The third kappa shape index (κ3) is 1.92. The Labute approximate surface area is 101 Å². The van der Waals surface area contributed by atoms with Crippen LogP contribution in [0.4, 0.5) is 0 Å². The van der Waals surface area contributed by atoms with Gasteiger partial charge in [-0.15, -0.1) is 0 Å². The Kier molecular flexibility index (Phi) is 2.38. The number of hydrogen-bond donors (Lipinski definition) is 0. The van der Waals surface area contributed by atoms with E-state index in [1.54, 1.807) is 17.6 Å². The predicted molar refractivity (Wildman–Crippen MR) is 64.5 cm³/mol. The molecule has 84 valence electrons. The summed E-state index contributed by atoms with van der Waals surface area (Å²) in [4.78, 5) is 15.7. The van der Waals surface area contributed by atoms with E-state index in [1.807, 2.05) is 28.9 Å². The van der Waals surface area contributed by atoms with Crippen molar-refractivity contribution in [3.8, 4) is 5.06 Å². The standard InChI is InChI=1S/C12H8N2O2S/c15-12(16-11-7-13-8-17-11)9-3-5-14-4-1-2-10(14)6-9/h1-8H. The molecule has 0 atom stereocenters. The summed E-state index contributed by atoms with van der Waals surface area (Å²) in [5.41, 5.74) is 3.12.